The molecule has 34 heavy (non-hydrogen) atoms. The third-order valence-corrected chi connectivity index (χ3v) is 5.49. The molecule has 1 aliphatic heterocycles. The molecule has 0 saturated carbocycles. The molecule has 1 aromatic carbocycles. The van der Waals surface area contributed by atoms with Crippen LogP contribution in [-0.4, -0.2) is 45.0 Å². The van der Waals surface area contributed by atoms with Crippen LogP contribution in [0.5, 0.6) is 11.5 Å². The monoisotopic (exact) mass is 471 g/mol. The second-order valence-electron chi connectivity index (χ2n) is 7.78. The number of aryl methyl sites for hydroxylation is 1. The van der Waals surface area contributed by atoms with Crippen LogP contribution in [0.25, 0.3) is 5.69 Å². The van der Waals surface area contributed by atoms with Gasteiger partial charge in [0.1, 0.15) is 17.4 Å². The summed E-state index contributed by atoms with van der Waals surface area (Å²) in [7, 11) is 1.24. The number of nitriles is 1. The lowest BCUT2D eigenvalue weighted by atomic mass is 10.1. The lowest BCUT2D eigenvalue weighted by Crippen LogP contribution is -2.33. The summed E-state index contributed by atoms with van der Waals surface area (Å²) < 4.78 is 51.5. The van der Waals surface area contributed by atoms with E-state index in [1.165, 1.54) is 24.1 Å². The Morgan fingerprint density at radius 3 is 2.68 bits per heavy atom. The molecule has 0 aliphatic carbocycles. The van der Waals surface area contributed by atoms with Crippen LogP contribution in [0.15, 0.2) is 36.7 Å². The van der Waals surface area contributed by atoms with Gasteiger partial charge in [0.25, 0.3) is 5.91 Å². The third kappa shape index (κ3) is 4.14. The summed E-state index contributed by atoms with van der Waals surface area (Å²) in [5, 5.41) is 13.8. The van der Waals surface area contributed by atoms with Gasteiger partial charge in [-0.05, 0) is 38.1 Å². The number of benzene rings is 1. The number of hydrogen-bond donors (Lipinski definition) is 0. The van der Waals surface area contributed by atoms with E-state index in [9.17, 15) is 23.2 Å². The number of carbonyl (C=O) groups excluding carboxylic acids is 1. The van der Waals surface area contributed by atoms with Crippen molar-refractivity contribution in [2.75, 3.05) is 7.11 Å². The fourth-order valence-electron chi connectivity index (χ4n) is 3.76. The minimum atomic E-state index is -4.64. The minimum absolute atomic E-state index is 0.00742. The van der Waals surface area contributed by atoms with Crippen LogP contribution < -0.4 is 9.47 Å². The smallest absolute Gasteiger partial charge is 0.425 e. The zero-order chi connectivity index (χ0) is 24.6. The molecule has 11 heteroatoms. The Morgan fingerprint density at radius 2 is 2.03 bits per heavy atom. The van der Waals surface area contributed by atoms with Crippen LogP contribution in [0.1, 0.15) is 39.8 Å². The number of methoxy groups -OCH3 is 1. The van der Waals surface area contributed by atoms with Crippen molar-refractivity contribution < 1.29 is 27.4 Å². The molecule has 0 bridgehead atoms. The number of rotatable bonds is 5. The van der Waals surface area contributed by atoms with Gasteiger partial charge >= 0.3 is 6.18 Å². The van der Waals surface area contributed by atoms with E-state index in [1.54, 1.807) is 23.1 Å². The van der Waals surface area contributed by atoms with Gasteiger partial charge in [0, 0.05) is 24.0 Å². The summed E-state index contributed by atoms with van der Waals surface area (Å²) in [6.07, 6.45) is -3.52. The molecule has 4 rings (SSSR count). The average Bonchev–Trinajstić information content (AvgIpc) is 3.38. The van der Waals surface area contributed by atoms with E-state index in [0.717, 1.165) is 29.6 Å². The first-order valence-corrected chi connectivity index (χ1v) is 10.3. The topological polar surface area (TPSA) is 93.3 Å². The van der Waals surface area contributed by atoms with Gasteiger partial charge in [-0.2, -0.15) is 23.5 Å². The van der Waals surface area contributed by atoms with Crippen molar-refractivity contribution in [3.63, 3.8) is 0 Å². The van der Waals surface area contributed by atoms with Gasteiger partial charge in [0.05, 0.1) is 36.8 Å². The first kappa shape index (κ1) is 23.1. The van der Waals surface area contributed by atoms with E-state index in [1.807, 2.05) is 19.1 Å². The highest BCUT2D eigenvalue weighted by molar-refractivity contribution is 6.00. The fourth-order valence-corrected chi connectivity index (χ4v) is 3.76. The van der Waals surface area contributed by atoms with E-state index in [0.29, 0.717) is 0 Å². The molecular weight excluding hydrogens is 451 g/mol. The first-order valence-electron chi connectivity index (χ1n) is 10.3. The standard InChI is InChI=1S/C23H20F3N5O3/c1-13-8-17(6-7-28-13)31-18-12-30(11-16(18)10-29-31)22(32)20-19(34-14(2)23(24,25)26)5-4-15(9-27)21(20)33-3/h4-8,10,14H,11-12H2,1-3H3. The first-order chi connectivity index (χ1) is 16.1. The molecular formula is C23H20F3N5O3. The summed E-state index contributed by atoms with van der Waals surface area (Å²) in [5.74, 6) is -1.07. The molecule has 1 amide bonds. The van der Waals surface area contributed by atoms with Crippen LogP contribution in [0, 0.1) is 18.3 Å². The molecule has 1 aliphatic rings. The second kappa shape index (κ2) is 8.70. The van der Waals surface area contributed by atoms with E-state index >= 15 is 0 Å². The summed E-state index contributed by atoms with van der Waals surface area (Å²) >= 11 is 0. The summed E-state index contributed by atoms with van der Waals surface area (Å²) in [6.45, 7) is 3.03. The highest BCUT2D eigenvalue weighted by atomic mass is 19.4. The maximum absolute atomic E-state index is 13.6. The van der Waals surface area contributed by atoms with E-state index in [2.05, 4.69) is 10.1 Å². The van der Waals surface area contributed by atoms with E-state index in [-0.39, 0.29) is 35.7 Å². The highest BCUT2D eigenvalue weighted by Gasteiger charge is 2.40. The summed E-state index contributed by atoms with van der Waals surface area (Å²) in [6, 6.07) is 7.97. The lowest BCUT2D eigenvalue weighted by molar-refractivity contribution is -0.189. The van der Waals surface area contributed by atoms with Gasteiger partial charge in [0.2, 0.25) is 0 Å². The number of hydrogen-bond acceptors (Lipinski definition) is 6. The molecule has 176 valence electrons. The number of alkyl halides is 3. The van der Waals surface area contributed by atoms with E-state index in [4.69, 9.17) is 9.47 Å². The molecule has 0 spiro atoms. The zero-order valence-corrected chi connectivity index (χ0v) is 18.6. The Labute approximate surface area is 193 Å². The van der Waals surface area contributed by atoms with Crippen molar-refractivity contribution in [3.05, 3.63) is 64.7 Å². The molecule has 1 unspecified atom stereocenters. The van der Waals surface area contributed by atoms with Gasteiger partial charge in [-0.1, -0.05) is 0 Å². The zero-order valence-electron chi connectivity index (χ0n) is 18.6. The average molecular weight is 471 g/mol. The maximum Gasteiger partial charge on any atom is 0.425 e. The minimum Gasteiger partial charge on any atom is -0.494 e. The largest absolute Gasteiger partial charge is 0.494 e. The van der Waals surface area contributed by atoms with Gasteiger partial charge in [-0.25, -0.2) is 4.68 Å². The van der Waals surface area contributed by atoms with Crippen LogP contribution in [0.2, 0.25) is 0 Å². The van der Waals surface area contributed by atoms with Crippen LogP contribution in [0.3, 0.4) is 0 Å². The quantitative estimate of drug-likeness (QED) is 0.560. The number of aromatic nitrogens is 3. The van der Waals surface area contributed by atoms with Crippen molar-refractivity contribution in [1.82, 2.24) is 19.7 Å². The number of amides is 1. The molecule has 0 N–H and O–H groups in total. The Bertz CT molecular complexity index is 1300. The number of ether oxygens (including phenoxy) is 2. The molecule has 1 atom stereocenters. The van der Waals surface area contributed by atoms with Gasteiger partial charge in [-0.15, -0.1) is 0 Å². The Morgan fingerprint density at radius 1 is 1.26 bits per heavy atom. The molecule has 0 saturated heterocycles. The van der Waals surface area contributed by atoms with Crippen LogP contribution >= 0.6 is 0 Å². The number of fused-ring (bicyclic) bond motifs is 1. The summed E-state index contributed by atoms with van der Waals surface area (Å²) in [4.78, 5) is 19.2. The highest BCUT2D eigenvalue weighted by Crippen LogP contribution is 2.37. The van der Waals surface area contributed by atoms with Crippen molar-refractivity contribution >= 4 is 5.91 Å². The Kier molecular flexibility index (Phi) is 5.91. The number of pyridine rings is 1. The fraction of sp³-hybridized carbons (Fsp3) is 0.304. The third-order valence-electron chi connectivity index (χ3n) is 5.49. The molecule has 3 aromatic rings. The Balaban J connectivity index is 1.70. The number of halogens is 3. The summed E-state index contributed by atoms with van der Waals surface area (Å²) in [5.41, 5.74) is 2.90. The van der Waals surface area contributed by atoms with Crippen molar-refractivity contribution in [1.29, 1.82) is 5.26 Å². The second-order valence-corrected chi connectivity index (χ2v) is 7.78. The maximum atomic E-state index is 13.6. The molecule has 0 fully saturated rings. The van der Waals surface area contributed by atoms with Crippen molar-refractivity contribution in [2.24, 2.45) is 0 Å². The molecule has 0 radical (unpaired) electrons. The van der Waals surface area contributed by atoms with Crippen LogP contribution in [0.4, 0.5) is 13.2 Å². The van der Waals surface area contributed by atoms with Gasteiger partial charge < -0.3 is 14.4 Å². The molecule has 3 heterocycles. The lowest BCUT2D eigenvalue weighted by Gasteiger charge is -2.23. The Hall–Kier alpha value is -4.07. The molecule has 2 aromatic heterocycles. The normalized spacial score (nSPS) is 13.9. The van der Waals surface area contributed by atoms with Gasteiger partial charge in [-0.3, -0.25) is 9.78 Å². The number of nitrogens with zero attached hydrogens (tertiary/aromatic N) is 5. The van der Waals surface area contributed by atoms with E-state index < -0.39 is 18.2 Å². The molecule has 8 nitrogen and oxygen atoms in total. The SMILES string of the molecule is COc1c(C#N)ccc(OC(C)C(F)(F)F)c1C(=O)N1Cc2cnn(-c3ccnc(C)c3)c2C1. The number of carbonyl (C=O) groups is 1. The van der Waals surface area contributed by atoms with Crippen molar-refractivity contribution in [3.8, 4) is 23.3 Å². The van der Waals surface area contributed by atoms with Gasteiger partial charge in [0.15, 0.2) is 11.9 Å². The predicted octanol–water partition coefficient (Wildman–Crippen LogP) is 3.94. The van der Waals surface area contributed by atoms with Crippen LogP contribution in [-0.2, 0) is 13.1 Å². The predicted molar refractivity (Wildman–Crippen MR) is 114 cm³/mol. The van der Waals surface area contributed by atoms with Crippen molar-refractivity contribution in [2.45, 2.75) is 39.2 Å².